The van der Waals surface area contributed by atoms with Crippen LogP contribution in [0.3, 0.4) is 0 Å². The first-order chi connectivity index (χ1) is 7.38. The maximum absolute atomic E-state index is 4.62. The molecule has 0 N–H and O–H groups in total. The van der Waals surface area contributed by atoms with E-state index in [0.717, 1.165) is 5.69 Å². The maximum atomic E-state index is 4.62. The number of rotatable bonds is 0. The monoisotopic (exact) mass is 217 g/mol. The molecule has 1 fully saturated rings. The van der Waals surface area contributed by atoms with Crippen LogP contribution in [-0.4, -0.2) is 11.0 Å². The molecule has 0 radical (unpaired) electrons. The van der Waals surface area contributed by atoms with Crippen molar-refractivity contribution in [1.29, 1.82) is 0 Å². The van der Waals surface area contributed by atoms with Crippen LogP contribution >= 0.6 is 11.8 Å². The minimum Gasteiger partial charge on any atom is -0.259 e. The molecule has 1 aliphatic heterocycles. The first-order valence-corrected chi connectivity index (χ1v) is 6.53. The van der Waals surface area contributed by atoms with Gasteiger partial charge in [0, 0.05) is 11.1 Å². The van der Waals surface area contributed by atoms with E-state index in [9.17, 15) is 0 Å². The Labute approximate surface area is 95.0 Å². The van der Waals surface area contributed by atoms with Gasteiger partial charge in [0.1, 0.15) is 0 Å². The van der Waals surface area contributed by atoms with Gasteiger partial charge in [0.15, 0.2) is 0 Å². The molecule has 3 rings (SSSR count). The molecule has 1 aromatic rings. The van der Waals surface area contributed by atoms with Crippen LogP contribution in [0.15, 0.2) is 34.2 Å². The van der Waals surface area contributed by atoms with Gasteiger partial charge in [0.2, 0.25) is 0 Å². The van der Waals surface area contributed by atoms with E-state index in [-0.39, 0.29) is 0 Å². The smallest absolute Gasteiger partial charge is 0.0762 e. The normalized spacial score (nSPS) is 22.7. The Morgan fingerprint density at radius 2 is 1.87 bits per heavy atom. The lowest BCUT2D eigenvalue weighted by molar-refractivity contribution is 0.474. The fourth-order valence-corrected chi connectivity index (χ4v) is 3.87. The molecule has 1 nitrogen and oxygen atoms in total. The molecule has 0 aromatic heterocycles. The van der Waals surface area contributed by atoms with Crippen LogP contribution in [-0.2, 0) is 0 Å². The molecule has 1 heterocycles. The second-order valence-electron chi connectivity index (χ2n) is 4.45. The fraction of sp³-hybridized carbons (Fsp3) is 0.462. The van der Waals surface area contributed by atoms with Crippen molar-refractivity contribution >= 4 is 23.7 Å². The first kappa shape index (κ1) is 9.46. The number of para-hydroxylation sites is 1. The number of benzene rings is 1. The molecule has 0 bridgehead atoms. The van der Waals surface area contributed by atoms with Crippen molar-refractivity contribution in [2.45, 2.75) is 41.7 Å². The molecule has 0 saturated heterocycles. The third-order valence-electron chi connectivity index (χ3n) is 3.32. The predicted octanol–water partition coefficient (Wildman–Crippen LogP) is 4.20. The number of aliphatic imine (C=N–C) groups is 1. The van der Waals surface area contributed by atoms with Gasteiger partial charge in [-0.25, -0.2) is 0 Å². The summed E-state index contributed by atoms with van der Waals surface area (Å²) in [5.41, 5.74) is 1.15. The molecule has 0 atom stereocenters. The fourth-order valence-electron chi connectivity index (χ4n) is 2.46. The van der Waals surface area contributed by atoms with E-state index in [1.54, 1.807) is 0 Å². The Morgan fingerprint density at radius 1 is 1.07 bits per heavy atom. The SMILES string of the molecule is C1=Nc2ccccc2SC12CCCCC2. The molecular weight excluding hydrogens is 202 g/mol. The molecule has 1 aromatic carbocycles. The Balaban J connectivity index is 1.94. The summed E-state index contributed by atoms with van der Waals surface area (Å²) >= 11 is 2.03. The van der Waals surface area contributed by atoms with Crippen molar-refractivity contribution in [3.05, 3.63) is 24.3 Å². The predicted molar refractivity (Wildman–Crippen MR) is 66.3 cm³/mol. The van der Waals surface area contributed by atoms with Crippen molar-refractivity contribution in [3.63, 3.8) is 0 Å². The zero-order valence-corrected chi connectivity index (χ0v) is 9.59. The van der Waals surface area contributed by atoms with Gasteiger partial charge in [-0.05, 0) is 25.0 Å². The summed E-state index contributed by atoms with van der Waals surface area (Å²) in [5.74, 6) is 0. The van der Waals surface area contributed by atoms with Crippen LogP contribution in [0, 0.1) is 0 Å². The molecule has 1 aliphatic carbocycles. The van der Waals surface area contributed by atoms with Crippen LogP contribution in [0.2, 0.25) is 0 Å². The second-order valence-corrected chi connectivity index (χ2v) is 5.91. The molecule has 1 spiro atoms. The molecule has 78 valence electrons. The third-order valence-corrected chi connectivity index (χ3v) is 4.80. The van der Waals surface area contributed by atoms with E-state index in [1.165, 1.54) is 37.0 Å². The first-order valence-electron chi connectivity index (χ1n) is 5.71. The highest BCUT2D eigenvalue weighted by Gasteiger charge is 2.34. The van der Waals surface area contributed by atoms with Gasteiger partial charge in [-0.15, -0.1) is 11.8 Å². The second kappa shape index (κ2) is 3.67. The number of fused-ring (bicyclic) bond motifs is 1. The Morgan fingerprint density at radius 3 is 2.73 bits per heavy atom. The Kier molecular flexibility index (Phi) is 2.32. The standard InChI is InChI=1S/C13H15NS/c1-4-8-13(9-5-1)10-14-11-6-2-3-7-12(11)15-13/h2-3,6-7,10H,1,4-5,8-9H2. The quantitative estimate of drug-likeness (QED) is 0.634. The van der Waals surface area contributed by atoms with E-state index in [0.29, 0.717) is 4.75 Å². The van der Waals surface area contributed by atoms with Crippen molar-refractivity contribution < 1.29 is 0 Å². The number of nitrogens with zero attached hydrogens (tertiary/aromatic N) is 1. The van der Waals surface area contributed by atoms with Crippen LogP contribution < -0.4 is 0 Å². The van der Waals surface area contributed by atoms with E-state index < -0.39 is 0 Å². The van der Waals surface area contributed by atoms with Crippen molar-refractivity contribution in [2.75, 3.05) is 0 Å². The average molecular weight is 217 g/mol. The van der Waals surface area contributed by atoms with Gasteiger partial charge < -0.3 is 0 Å². The van der Waals surface area contributed by atoms with Crippen molar-refractivity contribution in [1.82, 2.24) is 0 Å². The topological polar surface area (TPSA) is 12.4 Å². The highest BCUT2D eigenvalue weighted by Crippen LogP contribution is 2.48. The van der Waals surface area contributed by atoms with Gasteiger partial charge in [-0.2, -0.15) is 0 Å². The van der Waals surface area contributed by atoms with Crippen LogP contribution in [0.25, 0.3) is 0 Å². The summed E-state index contributed by atoms with van der Waals surface area (Å²) in [7, 11) is 0. The van der Waals surface area contributed by atoms with E-state index >= 15 is 0 Å². The van der Waals surface area contributed by atoms with Gasteiger partial charge in [-0.3, -0.25) is 4.99 Å². The summed E-state index contributed by atoms with van der Waals surface area (Å²) in [5, 5.41) is 0. The van der Waals surface area contributed by atoms with Crippen LogP contribution in [0.5, 0.6) is 0 Å². The van der Waals surface area contributed by atoms with E-state index in [4.69, 9.17) is 0 Å². The Hall–Kier alpha value is -0.760. The largest absolute Gasteiger partial charge is 0.259 e. The van der Waals surface area contributed by atoms with Crippen LogP contribution in [0.4, 0.5) is 5.69 Å². The highest BCUT2D eigenvalue weighted by molar-refractivity contribution is 8.01. The summed E-state index contributed by atoms with van der Waals surface area (Å²) in [4.78, 5) is 5.99. The van der Waals surface area contributed by atoms with Crippen molar-refractivity contribution in [2.24, 2.45) is 4.99 Å². The minimum absolute atomic E-state index is 0.326. The molecule has 0 unspecified atom stereocenters. The lowest BCUT2D eigenvalue weighted by Crippen LogP contribution is -2.30. The summed E-state index contributed by atoms with van der Waals surface area (Å²) in [6.45, 7) is 0. The molecular formula is C13H15NS. The average Bonchev–Trinajstić information content (AvgIpc) is 2.30. The van der Waals surface area contributed by atoms with Crippen LogP contribution in [0.1, 0.15) is 32.1 Å². The van der Waals surface area contributed by atoms with Crippen molar-refractivity contribution in [3.8, 4) is 0 Å². The zero-order valence-electron chi connectivity index (χ0n) is 8.78. The van der Waals surface area contributed by atoms with E-state index in [2.05, 4.69) is 35.5 Å². The van der Waals surface area contributed by atoms with E-state index in [1.807, 2.05) is 11.8 Å². The molecule has 1 saturated carbocycles. The van der Waals surface area contributed by atoms with Gasteiger partial charge in [0.05, 0.1) is 10.4 Å². The lowest BCUT2D eigenvalue weighted by atomic mass is 9.89. The van der Waals surface area contributed by atoms with Gasteiger partial charge >= 0.3 is 0 Å². The molecule has 0 amide bonds. The maximum Gasteiger partial charge on any atom is 0.0762 e. The number of hydrogen-bond acceptors (Lipinski definition) is 2. The summed E-state index contributed by atoms with van der Waals surface area (Å²) < 4.78 is 0.326. The molecule has 15 heavy (non-hydrogen) atoms. The summed E-state index contributed by atoms with van der Waals surface area (Å²) in [6, 6.07) is 8.49. The Bertz CT molecular complexity index is 391. The highest BCUT2D eigenvalue weighted by atomic mass is 32.2. The number of hydrogen-bond donors (Lipinski definition) is 0. The van der Waals surface area contributed by atoms with Gasteiger partial charge in [0.25, 0.3) is 0 Å². The summed E-state index contributed by atoms with van der Waals surface area (Å²) in [6.07, 6.45) is 8.93. The molecule has 2 heteroatoms. The zero-order chi connectivity index (χ0) is 10.1. The third kappa shape index (κ3) is 1.71. The lowest BCUT2D eigenvalue weighted by Gasteiger charge is -2.35. The number of thioether (sulfide) groups is 1. The minimum atomic E-state index is 0.326. The van der Waals surface area contributed by atoms with Gasteiger partial charge in [-0.1, -0.05) is 31.4 Å². The molecule has 2 aliphatic rings.